The first-order valence-electron chi connectivity index (χ1n) is 7.08. The van der Waals surface area contributed by atoms with Gasteiger partial charge in [-0.1, -0.05) is 20.8 Å². The fourth-order valence-corrected chi connectivity index (χ4v) is 2.28. The third-order valence-corrected chi connectivity index (χ3v) is 3.63. The highest BCUT2D eigenvalue weighted by Crippen LogP contribution is 2.26. The van der Waals surface area contributed by atoms with E-state index in [-0.39, 0.29) is 5.41 Å². The van der Waals surface area contributed by atoms with Crippen LogP contribution in [0.3, 0.4) is 0 Å². The van der Waals surface area contributed by atoms with Gasteiger partial charge in [-0.3, -0.25) is 0 Å². The smallest absolute Gasteiger partial charge is 0.145 e. The molecule has 3 N–H and O–H groups in total. The van der Waals surface area contributed by atoms with Crippen molar-refractivity contribution < 1.29 is 4.74 Å². The molecule has 112 valence electrons. The Morgan fingerprint density at radius 3 is 2.50 bits per heavy atom. The van der Waals surface area contributed by atoms with E-state index in [4.69, 9.17) is 15.6 Å². The highest BCUT2D eigenvalue weighted by Gasteiger charge is 2.23. The summed E-state index contributed by atoms with van der Waals surface area (Å²) in [5, 5.41) is 0. The Kier molecular flexibility index (Phi) is 4.45. The minimum atomic E-state index is -0.113. The van der Waals surface area contributed by atoms with Crippen LogP contribution in [0.15, 0.2) is 6.07 Å². The number of anilines is 2. The first-order valence-corrected chi connectivity index (χ1v) is 7.08. The van der Waals surface area contributed by atoms with Gasteiger partial charge in [-0.15, -0.1) is 0 Å². The Morgan fingerprint density at radius 1 is 1.30 bits per heavy atom. The zero-order valence-electron chi connectivity index (χ0n) is 12.8. The lowest BCUT2D eigenvalue weighted by molar-refractivity contribution is 0.0853. The zero-order chi connectivity index (χ0) is 14.8. The van der Waals surface area contributed by atoms with Gasteiger partial charge in [0.05, 0.1) is 0 Å². The maximum Gasteiger partial charge on any atom is 0.145 e. The van der Waals surface area contributed by atoms with Crippen LogP contribution >= 0.6 is 0 Å². The number of nitrogens with two attached hydrogens (primary N) is 1. The largest absolute Gasteiger partial charge is 0.381 e. The van der Waals surface area contributed by atoms with E-state index in [0.717, 1.165) is 37.7 Å². The third kappa shape index (κ3) is 3.37. The van der Waals surface area contributed by atoms with Crippen LogP contribution in [0.4, 0.5) is 11.6 Å². The van der Waals surface area contributed by atoms with Gasteiger partial charge in [0.25, 0.3) is 0 Å². The minimum Gasteiger partial charge on any atom is -0.381 e. The van der Waals surface area contributed by atoms with Gasteiger partial charge in [0.1, 0.15) is 17.5 Å². The molecule has 1 aromatic rings. The molecule has 0 saturated carbocycles. The van der Waals surface area contributed by atoms with Crippen LogP contribution in [0.2, 0.25) is 0 Å². The third-order valence-electron chi connectivity index (χ3n) is 3.63. The van der Waals surface area contributed by atoms with Crippen molar-refractivity contribution in [3.63, 3.8) is 0 Å². The highest BCUT2D eigenvalue weighted by molar-refractivity contribution is 5.49. The number of nitrogen functional groups attached to an aromatic ring is 1. The second-order valence-electron chi connectivity index (χ2n) is 6.28. The van der Waals surface area contributed by atoms with Crippen LogP contribution in [0.1, 0.15) is 39.4 Å². The van der Waals surface area contributed by atoms with E-state index in [1.54, 1.807) is 0 Å². The summed E-state index contributed by atoms with van der Waals surface area (Å²) in [5.41, 5.74) is 2.52. The molecule has 1 saturated heterocycles. The molecule has 1 fully saturated rings. The number of nitrogens with one attached hydrogen (secondary N) is 1. The topological polar surface area (TPSA) is 76.3 Å². The van der Waals surface area contributed by atoms with Crippen LogP contribution in [0, 0.1) is 0 Å². The van der Waals surface area contributed by atoms with E-state index in [9.17, 15) is 0 Å². The molecular formula is C14H25N5O. The number of hydrogen-bond donors (Lipinski definition) is 2. The van der Waals surface area contributed by atoms with Gasteiger partial charge in [-0.05, 0) is 12.8 Å². The predicted molar refractivity (Wildman–Crippen MR) is 80.8 cm³/mol. The minimum absolute atomic E-state index is 0.113. The fourth-order valence-electron chi connectivity index (χ4n) is 2.28. The summed E-state index contributed by atoms with van der Waals surface area (Å²) in [6, 6.07) is 2.35. The Labute approximate surface area is 120 Å². The summed E-state index contributed by atoms with van der Waals surface area (Å²) in [7, 11) is 2.07. The SMILES string of the molecule is CN(c1cc(NN)nc(C(C)(C)C)n1)C1CCOCC1. The van der Waals surface area contributed by atoms with E-state index >= 15 is 0 Å². The number of ether oxygens (including phenoxy) is 1. The quantitative estimate of drug-likeness (QED) is 0.647. The van der Waals surface area contributed by atoms with Gasteiger partial charge < -0.3 is 15.1 Å². The summed E-state index contributed by atoms with van der Waals surface area (Å²) < 4.78 is 5.42. The first-order chi connectivity index (χ1) is 9.41. The predicted octanol–water partition coefficient (Wildman–Crippen LogP) is 1.67. The summed E-state index contributed by atoms with van der Waals surface area (Å²) in [4.78, 5) is 11.4. The van der Waals surface area contributed by atoms with Crippen LogP contribution < -0.4 is 16.2 Å². The Balaban J connectivity index is 2.29. The molecule has 0 atom stereocenters. The number of rotatable bonds is 3. The van der Waals surface area contributed by atoms with Crippen LogP contribution in [-0.2, 0) is 10.2 Å². The molecular weight excluding hydrogens is 254 g/mol. The van der Waals surface area contributed by atoms with Crippen molar-refractivity contribution in [3.05, 3.63) is 11.9 Å². The number of hydrazine groups is 1. The molecule has 0 aromatic carbocycles. The molecule has 20 heavy (non-hydrogen) atoms. The standard InChI is InChI=1S/C14H25N5O/c1-14(2,3)13-16-11(18-15)9-12(17-13)19(4)10-5-7-20-8-6-10/h9-10H,5-8,15H2,1-4H3,(H,16,17,18). The Morgan fingerprint density at radius 2 is 1.95 bits per heavy atom. The van der Waals surface area contributed by atoms with Crippen molar-refractivity contribution >= 4 is 11.6 Å². The average molecular weight is 279 g/mol. The van der Waals surface area contributed by atoms with Gasteiger partial charge in [0.15, 0.2) is 0 Å². The summed E-state index contributed by atoms with van der Waals surface area (Å²) in [6.07, 6.45) is 2.05. The van der Waals surface area contributed by atoms with E-state index < -0.39 is 0 Å². The molecule has 0 bridgehead atoms. The molecule has 2 heterocycles. The van der Waals surface area contributed by atoms with E-state index in [0.29, 0.717) is 11.9 Å². The molecule has 0 aliphatic carbocycles. The van der Waals surface area contributed by atoms with Gasteiger partial charge in [-0.25, -0.2) is 15.8 Å². The maximum absolute atomic E-state index is 5.53. The monoisotopic (exact) mass is 279 g/mol. The van der Waals surface area contributed by atoms with Crippen LogP contribution in [0.5, 0.6) is 0 Å². The average Bonchev–Trinajstić information content (AvgIpc) is 2.46. The molecule has 1 aromatic heterocycles. The molecule has 1 aliphatic rings. The second-order valence-corrected chi connectivity index (χ2v) is 6.28. The molecule has 1 aliphatic heterocycles. The van der Waals surface area contributed by atoms with E-state index in [2.05, 4.69) is 43.1 Å². The van der Waals surface area contributed by atoms with Gasteiger partial charge in [0, 0.05) is 37.8 Å². The van der Waals surface area contributed by atoms with Crippen molar-refractivity contribution in [2.45, 2.75) is 45.1 Å². The highest BCUT2D eigenvalue weighted by atomic mass is 16.5. The van der Waals surface area contributed by atoms with E-state index in [1.165, 1.54) is 0 Å². The normalized spacial score (nSPS) is 17.1. The molecule has 0 amide bonds. The molecule has 0 unspecified atom stereocenters. The van der Waals surface area contributed by atoms with Crippen LogP contribution in [-0.4, -0.2) is 36.3 Å². The number of hydrogen-bond acceptors (Lipinski definition) is 6. The Hall–Kier alpha value is -1.40. The molecule has 6 nitrogen and oxygen atoms in total. The Bertz CT molecular complexity index is 451. The van der Waals surface area contributed by atoms with Gasteiger partial charge >= 0.3 is 0 Å². The van der Waals surface area contributed by atoms with Gasteiger partial charge in [0.2, 0.25) is 0 Å². The zero-order valence-corrected chi connectivity index (χ0v) is 12.8. The fraction of sp³-hybridized carbons (Fsp3) is 0.714. The first kappa shape index (κ1) is 15.0. The lowest BCUT2D eigenvalue weighted by Gasteiger charge is -2.32. The molecule has 0 spiro atoms. The van der Waals surface area contributed by atoms with E-state index in [1.807, 2.05) is 6.07 Å². The lowest BCUT2D eigenvalue weighted by Crippen LogP contribution is -2.37. The summed E-state index contributed by atoms with van der Waals surface area (Å²) >= 11 is 0. The van der Waals surface area contributed by atoms with Crippen molar-refractivity contribution in [2.24, 2.45) is 5.84 Å². The van der Waals surface area contributed by atoms with Gasteiger partial charge in [-0.2, -0.15) is 0 Å². The second kappa shape index (κ2) is 5.93. The van der Waals surface area contributed by atoms with Crippen molar-refractivity contribution in [1.29, 1.82) is 0 Å². The number of nitrogens with zero attached hydrogens (tertiary/aromatic N) is 3. The molecule has 2 rings (SSSR count). The summed E-state index contributed by atoms with van der Waals surface area (Å²) in [5.74, 6) is 7.88. The maximum atomic E-state index is 5.53. The van der Waals surface area contributed by atoms with Crippen molar-refractivity contribution in [1.82, 2.24) is 9.97 Å². The number of aromatic nitrogens is 2. The molecule has 0 radical (unpaired) electrons. The van der Waals surface area contributed by atoms with Crippen molar-refractivity contribution in [3.8, 4) is 0 Å². The molecule has 6 heteroatoms. The lowest BCUT2D eigenvalue weighted by atomic mass is 9.95. The van der Waals surface area contributed by atoms with Crippen molar-refractivity contribution in [2.75, 3.05) is 30.6 Å². The summed E-state index contributed by atoms with van der Waals surface area (Å²) in [6.45, 7) is 7.92. The van der Waals surface area contributed by atoms with Crippen LogP contribution in [0.25, 0.3) is 0 Å².